The van der Waals surface area contributed by atoms with Crippen LogP contribution in [0.1, 0.15) is 49.4 Å². The Morgan fingerprint density at radius 1 is 1.03 bits per heavy atom. The monoisotopic (exact) mass is 476 g/mol. The highest BCUT2D eigenvalue weighted by molar-refractivity contribution is 5.73. The first-order valence-corrected chi connectivity index (χ1v) is 12.4. The van der Waals surface area contributed by atoms with Crippen molar-refractivity contribution in [2.45, 2.75) is 54.0 Å². The Balaban J connectivity index is 1.69. The molecular weight excluding hydrogens is 439 g/mol. The minimum absolute atomic E-state index is 0.0619. The van der Waals surface area contributed by atoms with Crippen LogP contribution in [0.3, 0.4) is 0 Å². The number of benzene rings is 3. The van der Waals surface area contributed by atoms with Gasteiger partial charge in [-0.3, -0.25) is 4.79 Å². The molecule has 1 N–H and O–H groups in total. The summed E-state index contributed by atoms with van der Waals surface area (Å²) in [4.78, 5) is 13.3. The molecule has 3 aromatic carbocycles. The van der Waals surface area contributed by atoms with Gasteiger partial charge >= 0.3 is 0 Å². The number of likely N-dealkylation sites (N-methyl/N-ethyl adjacent to an activating group) is 1. The lowest BCUT2D eigenvalue weighted by atomic mass is 9.94. The van der Waals surface area contributed by atoms with Gasteiger partial charge in [-0.05, 0) is 90.9 Å². The van der Waals surface area contributed by atoms with Crippen molar-refractivity contribution in [3.8, 4) is 16.9 Å². The van der Waals surface area contributed by atoms with Gasteiger partial charge in [-0.1, -0.05) is 37.6 Å². The van der Waals surface area contributed by atoms with Crippen LogP contribution in [-0.2, 0) is 17.8 Å². The predicted molar refractivity (Wildman–Crippen MR) is 142 cm³/mol. The molecule has 35 heavy (non-hydrogen) atoms. The summed E-state index contributed by atoms with van der Waals surface area (Å²) in [6, 6.07) is 17.9. The van der Waals surface area contributed by atoms with Crippen LogP contribution in [0, 0.1) is 19.7 Å². The predicted octanol–water partition coefficient (Wildman–Crippen LogP) is 6.92. The van der Waals surface area contributed by atoms with Gasteiger partial charge in [0.25, 0.3) is 0 Å². The molecule has 0 aliphatic rings. The lowest BCUT2D eigenvalue weighted by molar-refractivity contribution is -0.129. The van der Waals surface area contributed by atoms with Gasteiger partial charge in [-0.25, -0.2) is 4.39 Å². The number of rotatable bonds is 11. The number of hydrogen-bond acceptors (Lipinski definition) is 3. The molecular formula is C30H37FN2O2. The van der Waals surface area contributed by atoms with Crippen molar-refractivity contribution in [1.82, 2.24) is 4.90 Å². The van der Waals surface area contributed by atoms with E-state index >= 15 is 0 Å². The van der Waals surface area contributed by atoms with Gasteiger partial charge in [-0.15, -0.1) is 0 Å². The maximum Gasteiger partial charge on any atom is 0.219 e. The van der Waals surface area contributed by atoms with E-state index in [1.165, 1.54) is 5.56 Å². The minimum Gasteiger partial charge on any atom is -0.492 e. The Morgan fingerprint density at radius 2 is 1.77 bits per heavy atom. The Labute approximate surface area is 209 Å². The number of nitrogens with zero attached hydrogens (tertiary/aromatic N) is 1. The Morgan fingerprint density at radius 3 is 2.40 bits per heavy atom. The van der Waals surface area contributed by atoms with Gasteiger partial charge < -0.3 is 15.0 Å². The van der Waals surface area contributed by atoms with Crippen LogP contribution in [0.25, 0.3) is 11.1 Å². The van der Waals surface area contributed by atoms with Crippen molar-refractivity contribution < 1.29 is 13.9 Å². The van der Waals surface area contributed by atoms with Gasteiger partial charge in [0.1, 0.15) is 18.2 Å². The molecule has 0 aromatic heterocycles. The minimum atomic E-state index is -0.150. The van der Waals surface area contributed by atoms with Crippen molar-refractivity contribution in [3.63, 3.8) is 0 Å². The fourth-order valence-electron chi connectivity index (χ4n) is 4.44. The zero-order chi connectivity index (χ0) is 25.4. The third-order valence-electron chi connectivity index (χ3n) is 6.25. The van der Waals surface area contributed by atoms with E-state index in [0.717, 1.165) is 52.1 Å². The first-order chi connectivity index (χ1) is 16.8. The number of amides is 1. The summed E-state index contributed by atoms with van der Waals surface area (Å²) in [5.41, 5.74) is 7.28. The molecule has 0 saturated carbocycles. The maximum atomic E-state index is 14.3. The van der Waals surface area contributed by atoms with Crippen LogP contribution in [0.2, 0.25) is 0 Å². The molecule has 186 valence electrons. The molecule has 0 bridgehead atoms. The second-order valence-corrected chi connectivity index (χ2v) is 8.99. The molecule has 0 fully saturated rings. The molecule has 0 aliphatic heterocycles. The molecule has 3 rings (SSSR count). The standard InChI is InChI=1S/C30H37FN2O2/c1-6-9-25-12-13-27(19-29(25)31)32-20-24-10-8-11-26(18-24)30-21(3)16-28(17-22(30)4)35-15-14-33(7-2)23(5)34/h8,10-13,16-19,32H,6-7,9,14-15,20H2,1-5H3. The molecule has 0 heterocycles. The van der Waals surface area contributed by atoms with E-state index in [2.05, 4.69) is 62.5 Å². The molecule has 0 radical (unpaired) electrons. The maximum absolute atomic E-state index is 14.3. The number of hydrogen-bond donors (Lipinski definition) is 1. The highest BCUT2D eigenvalue weighted by atomic mass is 19.1. The summed E-state index contributed by atoms with van der Waals surface area (Å²) in [6.07, 6.45) is 1.69. The van der Waals surface area contributed by atoms with E-state index in [0.29, 0.717) is 26.2 Å². The van der Waals surface area contributed by atoms with E-state index < -0.39 is 0 Å². The average Bonchev–Trinajstić information content (AvgIpc) is 2.82. The van der Waals surface area contributed by atoms with Gasteiger partial charge in [0.05, 0.1) is 6.54 Å². The van der Waals surface area contributed by atoms with Gasteiger partial charge in [-0.2, -0.15) is 0 Å². The summed E-state index contributed by atoms with van der Waals surface area (Å²) in [5.74, 6) is 0.726. The number of ether oxygens (including phenoxy) is 1. The number of carbonyl (C=O) groups excluding carboxylic acids is 1. The Bertz CT molecular complexity index is 1140. The van der Waals surface area contributed by atoms with E-state index in [1.807, 2.05) is 19.1 Å². The van der Waals surface area contributed by atoms with Crippen LogP contribution in [0.15, 0.2) is 54.6 Å². The number of carbonyl (C=O) groups is 1. The molecule has 5 heteroatoms. The lowest BCUT2D eigenvalue weighted by Crippen LogP contribution is -2.32. The fraction of sp³-hybridized carbons (Fsp3) is 0.367. The number of nitrogens with one attached hydrogen (secondary N) is 1. The largest absolute Gasteiger partial charge is 0.492 e. The van der Waals surface area contributed by atoms with Crippen LogP contribution in [0.4, 0.5) is 10.1 Å². The second kappa shape index (κ2) is 12.4. The lowest BCUT2D eigenvalue weighted by Gasteiger charge is -2.20. The normalized spacial score (nSPS) is 10.8. The van der Waals surface area contributed by atoms with Crippen LogP contribution < -0.4 is 10.1 Å². The smallest absolute Gasteiger partial charge is 0.219 e. The molecule has 0 unspecified atom stereocenters. The molecule has 3 aromatic rings. The molecule has 0 spiro atoms. The molecule has 4 nitrogen and oxygen atoms in total. The van der Waals surface area contributed by atoms with Gasteiger partial charge in [0.2, 0.25) is 5.91 Å². The Kier molecular flexibility index (Phi) is 9.30. The Hall–Kier alpha value is -3.34. The number of aryl methyl sites for hydroxylation is 3. The van der Waals surface area contributed by atoms with E-state index in [1.54, 1.807) is 17.9 Å². The number of anilines is 1. The van der Waals surface area contributed by atoms with Gasteiger partial charge in [0.15, 0.2) is 0 Å². The summed E-state index contributed by atoms with van der Waals surface area (Å²) < 4.78 is 20.2. The first-order valence-electron chi connectivity index (χ1n) is 12.4. The third-order valence-corrected chi connectivity index (χ3v) is 6.25. The summed E-state index contributed by atoms with van der Waals surface area (Å²) in [5, 5.41) is 3.35. The average molecular weight is 477 g/mol. The van der Waals surface area contributed by atoms with Crippen molar-refractivity contribution in [3.05, 3.63) is 82.7 Å². The van der Waals surface area contributed by atoms with Crippen LogP contribution in [0.5, 0.6) is 5.75 Å². The molecule has 0 saturated heterocycles. The van der Waals surface area contributed by atoms with Gasteiger partial charge in [0, 0.05) is 25.7 Å². The first kappa shape index (κ1) is 26.3. The van der Waals surface area contributed by atoms with Crippen molar-refractivity contribution in [2.75, 3.05) is 25.0 Å². The topological polar surface area (TPSA) is 41.6 Å². The van der Waals surface area contributed by atoms with E-state index in [4.69, 9.17) is 4.74 Å². The summed E-state index contributed by atoms with van der Waals surface area (Å²) >= 11 is 0. The van der Waals surface area contributed by atoms with Crippen molar-refractivity contribution >= 4 is 11.6 Å². The zero-order valence-electron chi connectivity index (χ0n) is 21.6. The van der Waals surface area contributed by atoms with E-state index in [9.17, 15) is 9.18 Å². The molecule has 0 atom stereocenters. The third kappa shape index (κ3) is 7.08. The highest BCUT2D eigenvalue weighted by Gasteiger charge is 2.11. The molecule has 0 aliphatic carbocycles. The fourth-order valence-corrected chi connectivity index (χ4v) is 4.44. The van der Waals surface area contributed by atoms with E-state index in [-0.39, 0.29) is 11.7 Å². The summed E-state index contributed by atoms with van der Waals surface area (Å²) in [7, 11) is 0. The number of halogens is 1. The SMILES string of the molecule is CCCc1ccc(NCc2cccc(-c3c(C)cc(OCCN(CC)C(C)=O)cc3C)c2)cc1F. The second-order valence-electron chi connectivity index (χ2n) is 8.99. The quantitative estimate of drug-likeness (QED) is 0.327. The van der Waals surface area contributed by atoms with Crippen molar-refractivity contribution in [1.29, 1.82) is 0 Å². The summed E-state index contributed by atoms with van der Waals surface area (Å²) in [6.45, 7) is 12.1. The zero-order valence-corrected chi connectivity index (χ0v) is 21.6. The van der Waals surface area contributed by atoms with Crippen LogP contribution in [-0.4, -0.2) is 30.5 Å². The molecule has 1 amide bonds. The van der Waals surface area contributed by atoms with Crippen molar-refractivity contribution in [2.24, 2.45) is 0 Å². The highest BCUT2D eigenvalue weighted by Crippen LogP contribution is 2.31. The van der Waals surface area contributed by atoms with Crippen LogP contribution >= 0.6 is 0 Å².